The van der Waals surface area contributed by atoms with E-state index in [1.165, 1.54) is 77.0 Å². The predicted molar refractivity (Wildman–Crippen MR) is 268 cm³/mol. The van der Waals surface area contributed by atoms with Gasteiger partial charge in [-0.25, -0.2) is 0 Å². The maximum atomic E-state index is 13.2. The van der Waals surface area contributed by atoms with Gasteiger partial charge in [-0.2, -0.15) is 0 Å². The van der Waals surface area contributed by atoms with Crippen molar-refractivity contribution in [2.24, 2.45) is 0 Å². The predicted octanol–water partition coefficient (Wildman–Crippen LogP) is 15.3. The van der Waals surface area contributed by atoms with Crippen molar-refractivity contribution >= 4 is 11.9 Å². The van der Waals surface area contributed by atoms with Gasteiger partial charge in [0.15, 0.2) is 0 Å². The second-order valence-electron chi connectivity index (χ2n) is 16.8. The SMILES string of the molecule is CC/C=C\C/C=C\C/C=C\C/C=C\C/C=C\CC(CC(=O)NC(CO)C(O)CCCCCCCCCCC)OC(=O)CCCCCCCC/C=C\C/C=C\C/C=C\CCCCC. The van der Waals surface area contributed by atoms with Crippen molar-refractivity contribution in [1.29, 1.82) is 0 Å². The first-order valence-electron chi connectivity index (χ1n) is 25.5. The third-order valence-electron chi connectivity index (χ3n) is 10.9. The van der Waals surface area contributed by atoms with Gasteiger partial charge in [0.25, 0.3) is 0 Å². The largest absolute Gasteiger partial charge is 0.461 e. The Bertz CT molecular complexity index is 1240. The molecule has 0 rings (SSSR count). The van der Waals surface area contributed by atoms with Crippen LogP contribution in [0.1, 0.15) is 220 Å². The fourth-order valence-corrected chi connectivity index (χ4v) is 7.05. The Labute approximate surface area is 382 Å². The lowest BCUT2D eigenvalue weighted by Crippen LogP contribution is -2.46. The number of hydrogen-bond donors (Lipinski definition) is 3. The number of ether oxygens (including phenoxy) is 1. The summed E-state index contributed by atoms with van der Waals surface area (Å²) in [5, 5.41) is 23.6. The minimum atomic E-state index is -0.818. The summed E-state index contributed by atoms with van der Waals surface area (Å²) in [5.74, 6) is -0.603. The van der Waals surface area contributed by atoms with Crippen LogP contribution in [0.2, 0.25) is 0 Å². The molecule has 0 aliphatic heterocycles. The fourth-order valence-electron chi connectivity index (χ4n) is 7.05. The standard InChI is InChI=1S/C56H95NO5/c1-4-7-10-13-16-19-21-23-25-26-27-28-30-32-34-37-40-43-46-49-56(61)62-52(47-44-41-38-36-33-31-29-24-22-20-17-14-11-8-5-2)50-55(60)57-53(51-58)54(59)48-45-42-39-35-18-15-12-9-6-3/h8,11,16-17,19-20,23-25,27-29,33,36,41,44,52-54,58-59H,4-7,9-10,12-15,18,21-22,26,30-32,34-35,37-40,42-43,45-51H2,1-3H3,(H,57,60)/b11-8-,19-16-,20-17-,25-23-,28-27-,29-24-,36-33-,44-41-. The number of esters is 1. The minimum Gasteiger partial charge on any atom is -0.461 e. The lowest BCUT2D eigenvalue weighted by Gasteiger charge is -2.24. The Kier molecular flexibility index (Phi) is 46.3. The summed E-state index contributed by atoms with van der Waals surface area (Å²) in [5.41, 5.74) is 0. The number of nitrogens with one attached hydrogen (secondary N) is 1. The van der Waals surface area contributed by atoms with Crippen molar-refractivity contribution < 1.29 is 24.5 Å². The Morgan fingerprint density at radius 3 is 1.40 bits per heavy atom. The zero-order valence-corrected chi connectivity index (χ0v) is 40.2. The third kappa shape index (κ3) is 43.4. The van der Waals surface area contributed by atoms with E-state index in [-0.39, 0.29) is 24.9 Å². The van der Waals surface area contributed by atoms with Crippen LogP contribution in [0.3, 0.4) is 0 Å². The van der Waals surface area contributed by atoms with E-state index in [1.807, 2.05) is 12.2 Å². The number of unbranched alkanes of at least 4 members (excludes halogenated alkanes) is 17. The summed E-state index contributed by atoms with van der Waals surface area (Å²) < 4.78 is 5.86. The van der Waals surface area contributed by atoms with Crippen molar-refractivity contribution in [1.82, 2.24) is 5.32 Å². The third-order valence-corrected chi connectivity index (χ3v) is 10.9. The Morgan fingerprint density at radius 2 is 0.903 bits per heavy atom. The zero-order chi connectivity index (χ0) is 45.2. The maximum Gasteiger partial charge on any atom is 0.306 e. The molecule has 0 aromatic rings. The van der Waals surface area contributed by atoms with Gasteiger partial charge in [-0.1, -0.05) is 214 Å². The second kappa shape index (κ2) is 48.8. The highest BCUT2D eigenvalue weighted by atomic mass is 16.5. The van der Waals surface area contributed by atoms with Crippen LogP contribution in [0, 0.1) is 0 Å². The molecule has 0 aliphatic rings. The number of carbonyl (C=O) groups excluding carboxylic acids is 2. The second-order valence-corrected chi connectivity index (χ2v) is 16.8. The number of aliphatic hydroxyl groups excluding tert-OH is 2. The van der Waals surface area contributed by atoms with Gasteiger partial charge in [0, 0.05) is 12.8 Å². The van der Waals surface area contributed by atoms with Crippen molar-refractivity contribution in [2.75, 3.05) is 6.61 Å². The van der Waals surface area contributed by atoms with Gasteiger partial charge in [0.05, 0.1) is 25.2 Å². The van der Waals surface area contributed by atoms with Crippen LogP contribution in [-0.2, 0) is 14.3 Å². The highest BCUT2D eigenvalue weighted by molar-refractivity contribution is 5.77. The average molecular weight is 862 g/mol. The van der Waals surface area contributed by atoms with Crippen molar-refractivity contribution in [3.63, 3.8) is 0 Å². The molecule has 354 valence electrons. The molecule has 1 amide bonds. The lowest BCUT2D eigenvalue weighted by molar-refractivity contribution is -0.150. The summed E-state index contributed by atoms with van der Waals surface area (Å²) >= 11 is 0. The molecule has 0 bridgehead atoms. The summed E-state index contributed by atoms with van der Waals surface area (Å²) in [6, 6.07) is -0.739. The van der Waals surface area contributed by atoms with Gasteiger partial charge in [0.2, 0.25) is 5.91 Å². The molecule has 0 aromatic heterocycles. The smallest absolute Gasteiger partial charge is 0.306 e. The van der Waals surface area contributed by atoms with E-state index in [0.29, 0.717) is 19.3 Å². The van der Waals surface area contributed by atoms with E-state index in [0.717, 1.165) is 96.3 Å². The lowest BCUT2D eigenvalue weighted by atomic mass is 10.0. The molecule has 3 unspecified atom stereocenters. The average Bonchev–Trinajstić information content (AvgIpc) is 3.26. The zero-order valence-electron chi connectivity index (χ0n) is 40.2. The van der Waals surface area contributed by atoms with E-state index >= 15 is 0 Å². The quantitative estimate of drug-likeness (QED) is 0.0322. The molecule has 6 nitrogen and oxygen atoms in total. The molecule has 0 radical (unpaired) electrons. The summed E-state index contributed by atoms with van der Waals surface area (Å²) in [6.07, 6.45) is 64.8. The van der Waals surface area contributed by atoms with Crippen LogP contribution in [0.5, 0.6) is 0 Å². The summed E-state index contributed by atoms with van der Waals surface area (Å²) in [6.45, 7) is 6.28. The number of carbonyl (C=O) groups is 2. The Morgan fingerprint density at radius 1 is 0.500 bits per heavy atom. The number of hydrogen-bond acceptors (Lipinski definition) is 5. The first-order valence-corrected chi connectivity index (χ1v) is 25.5. The number of allylic oxidation sites excluding steroid dienone is 15. The van der Waals surface area contributed by atoms with E-state index in [1.54, 1.807) is 0 Å². The first kappa shape index (κ1) is 58.8. The van der Waals surface area contributed by atoms with Crippen molar-refractivity contribution in [3.05, 3.63) is 97.2 Å². The molecule has 0 spiro atoms. The van der Waals surface area contributed by atoms with E-state index in [2.05, 4.69) is 111 Å². The highest BCUT2D eigenvalue weighted by Gasteiger charge is 2.23. The van der Waals surface area contributed by atoms with Crippen LogP contribution < -0.4 is 5.32 Å². The van der Waals surface area contributed by atoms with Crippen LogP contribution in [0.15, 0.2) is 97.2 Å². The van der Waals surface area contributed by atoms with E-state index in [9.17, 15) is 19.8 Å². The van der Waals surface area contributed by atoms with Crippen LogP contribution >= 0.6 is 0 Å². The van der Waals surface area contributed by atoms with Crippen molar-refractivity contribution in [2.45, 2.75) is 238 Å². The molecule has 6 heteroatoms. The molecule has 0 saturated heterocycles. The van der Waals surface area contributed by atoms with Gasteiger partial charge in [-0.15, -0.1) is 0 Å². The first-order chi connectivity index (χ1) is 30.5. The van der Waals surface area contributed by atoms with Crippen LogP contribution in [0.4, 0.5) is 0 Å². The number of aliphatic hydroxyl groups is 2. The molecular weight excluding hydrogens is 767 g/mol. The monoisotopic (exact) mass is 862 g/mol. The number of amides is 1. The van der Waals surface area contributed by atoms with Gasteiger partial charge in [-0.3, -0.25) is 9.59 Å². The molecule has 62 heavy (non-hydrogen) atoms. The summed E-state index contributed by atoms with van der Waals surface area (Å²) in [4.78, 5) is 26.1. The normalized spacial score (nSPS) is 14.1. The molecule has 0 fully saturated rings. The van der Waals surface area contributed by atoms with Gasteiger partial charge < -0.3 is 20.3 Å². The van der Waals surface area contributed by atoms with Gasteiger partial charge in [-0.05, 0) is 83.5 Å². The van der Waals surface area contributed by atoms with Gasteiger partial charge >= 0.3 is 5.97 Å². The summed E-state index contributed by atoms with van der Waals surface area (Å²) in [7, 11) is 0. The van der Waals surface area contributed by atoms with E-state index in [4.69, 9.17) is 4.74 Å². The highest BCUT2D eigenvalue weighted by Crippen LogP contribution is 2.15. The Balaban J connectivity index is 4.72. The molecule has 0 aromatic carbocycles. The maximum absolute atomic E-state index is 13.2. The Hall–Kier alpha value is -3.22. The molecule has 0 saturated carbocycles. The van der Waals surface area contributed by atoms with Crippen LogP contribution in [0.25, 0.3) is 0 Å². The molecule has 3 atom stereocenters. The molecule has 3 N–H and O–H groups in total. The van der Waals surface area contributed by atoms with E-state index < -0.39 is 18.2 Å². The van der Waals surface area contributed by atoms with Crippen LogP contribution in [-0.4, -0.2) is 46.9 Å². The fraction of sp³-hybridized carbons (Fsp3) is 0.679. The minimum absolute atomic E-state index is 0.0113. The number of rotatable bonds is 44. The van der Waals surface area contributed by atoms with Gasteiger partial charge in [0.1, 0.15) is 6.10 Å². The molecular formula is C56H95NO5. The topological polar surface area (TPSA) is 95.9 Å². The molecule has 0 aliphatic carbocycles. The van der Waals surface area contributed by atoms with Crippen molar-refractivity contribution in [3.8, 4) is 0 Å². The molecule has 0 heterocycles.